The standard InChI is InChI=1S/C24H45NO3/c1-4-7-8-9-10-11-12-13-14-15-16-17-18-19-20-22(24(27)28)21-23(26)25(5-2)6-3/h19-20,22H,4-18,21H2,1-3H3,(H,27,28)/b20-19+. The highest BCUT2D eigenvalue weighted by atomic mass is 16.4. The number of aliphatic carboxylic acids is 1. The van der Waals surface area contributed by atoms with E-state index in [4.69, 9.17) is 0 Å². The van der Waals surface area contributed by atoms with Gasteiger partial charge in [0, 0.05) is 19.5 Å². The van der Waals surface area contributed by atoms with Gasteiger partial charge in [0.1, 0.15) is 0 Å². The van der Waals surface area contributed by atoms with Crippen LogP contribution >= 0.6 is 0 Å². The van der Waals surface area contributed by atoms with E-state index in [-0.39, 0.29) is 12.3 Å². The van der Waals surface area contributed by atoms with Gasteiger partial charge in [0.05, 0.1) is 5.92 Å². The summed E-state index contributed by atoms with van der Waals surface area (Å²) >= 11 is 0. The van der Waals surface area contributed by atoms with Crippen LogP contribution in [0.5, 0.6) is 0 Å². The summed E-state index contributed by atoms with van der Waals surface area (Å²) in [7, 11) is 0. The Labute approximate surface area is 173 Å². The monoisotopic (exact) mass is 395 g/mol. The number of hydrogen-bond donors (Lipinski definition) is 1. The van der Waals surface area contributed by atoms with E-state index in [1.807, 2.05) is 19.9 Å². The summed E-state index contributed by atoms with van der Waals surface area (Å²) in [5, 5.41) is 9.33. The molecule has 0 aromatic rings. The molecule has 0 saturated heterocycles. The van der Waals surface area contributed by atoms with Crippen LogP contribution in [0.1, 0.15) is 111 Å². The van der Waals surface area contributed by atoms with Gasteiger partial charge in [0.25, 0.3) is 0 Å². The number of hydrogen-bond acceptors (Lipinski definition) is 2. The molecular weight excluding hydrogens is 350 g/mol. The molecule has 1 unspecified atom stereocenters. The zero-order valence-corrected chi connectivity index (χ0v) is 18.8. The average Bonchev–Trinajstić information content (AvgIpc) is 2.68. The van der Waals surface area contributed by atoms with E-state index < -0.39 is 11.9 Å². The van der Waals surface area contributed by atoms with Crippen molar-refractivity contribution in [3.8, 4) is 0 Å². The second-order valence-electron chi connectivity index (χ2n) is 7.82. The van der Waals surface area contributed by atoms with E-state index in [1.54, 1.807) is 11.0 Å². The van der Waals surface area contributed by atoms with Crippen molar-refractivity contribution in [3.63, 3.8) is 0 Å². The van der Waals surface area contributed by atoms with Crippen LogP contribution in [0.2, 0.25) is 0 Å². The van der Waals surface area contributed by atoms with E-state index in [0.29, 0.717) is 13.1 Å². The first-order chi connectivity index (χ1) is 13.6. The second-order valence-corrected chi connectivity index (χ2v) is 7.82. The van der Waals surface area contributed by atoms with Crippen molar-refractivity contribution in [2.24, 2.45) is 5.92 Å². The van der Waals surface area contributed by atoms with Crippen LogP contribution in [0.3, 0.4) is 0 Å². The maximum Gasteiger partial charge on any atom is 0.310 e. The number of unbranched alkanes of at least 4 members (excludes halogenated alkanes) is 12. The molecule has 0 aromatic carbocycles. The second kappa shape index (κ2) is 19.0. The zero-order valence-electron chi connectivity index (χ0n) is 18.8. The Morgan fingerprint density at radius 3 is 1.68 bits per heavy atom. The first-order valence-electron chi connectivity index (χ1n) is 11.7. The predicted molar refractivity (Wildman–Crippen MR) is 119 cm³/mol. The molecule has 0 bridgehead atoms. The lowest BCUT2D eigenvalue weighted by Gasteiger charge is -2.19. The average molecular weight is 396 g/mol. The summed E-state index contributed by atoms with van der Waals surface area (Å²) in [6.45, 7) is 7.35. The molecule has 0 rings (SSSR count). The Hall–Kier alpha value is -1.32. The summed E-state index contributed by atoms with van der Waals surface area (Å²) in [6, 6.07) is 0. The number of carbonyl (C=O) groups excluding carboxylic acids is 1. The molecule has 0 radical (unpaired) electrons. The van der Waals surface area contributed by atoms with Crippen molar-refractivity contribution >= 4 is 11.9 Å². The predicted octanol–water partition coefficient (Wildman–Crippen LogP) is 6.59. The molecule has 0 heterocycles. The quantitative estimate of drug-likeness (QED) is 0.198. The van der Waals surface area contributed by atoms with E-state index in [0.717, 1.165) is 12.8 Å². The summed E-state index contributed by atoms with van der Waals surface area (Å²) in [5.74, 6) is -1.69. The summed E-state index contributed by atoms with van der Waals surface area (Å²) in [6.07, 6.45) is 20.5. The van der Waals surface area contributed by atoms with Crippen LogP contribution < -0.4 is 0 Å². The van der Waals surface area contributed by atoms with Gasteiger partial charge in [0.15, 0.2) is 0 Å². The molecule has 4 nitrogen and oxygen atoms in total. The fraction of sp³-hybridized carbons (Fsp3) is 0.833. The summed E-state index contributed by atoms with van der Waals surface area (Å²) in [5.41, 5.74) is 0. The fourth-order valence-electron chi connectivity index (χ4n) is 3.49. The van der Waals surface area contributed by atoms with Crippen LogP contribution in [-0.4, -0.2) is 35.0 Å². The minimum Gasteiger partial charge on any atom is -0.481 e. The number of carboxylic acids is 1. The van der Waals surface area contributed by atoms with Crippen molar-refractivity contribution < 1.29 is 14.7 Å². The van der Waals surface area contributed by atoms with Crippen LogP contribution in [-0.2, 0) is 9.59 Å². The van der Waals surface area contributed by atoms with E-state index in [9.17, 15) is 14.7 Å². The van der Waals surface area contributed by atoms with Crippen LogP contribution in [0, 0.1) is 5.92 Å². The molecule has 0 aliphatic carbocycles. The molecule has 0 aliphatic heterocycles. The molecule has 0 aromatic heterocycles. The van der Waals surface area contributed by atoms with Crippen LogP contribution in [0.15, 0.2) is 12.2 Å². The molecule has 1 amide bonds. The topological polar surface area (TPSA) is 57.6 Å². The molecule has 1 N–H and O–H groups in total. The lowest BCUT2D eigenvalue weighted by atomic mass is 10.0. The Bertz CT molecular complexity index is 416. The smallest absolute Gasteiger partial charge is 0.310 e. The van der Waals surface area contributed by atoms with Crippen molar-refractivity contribution in [1.29, 1.82) is 0 Å². The first-order valence-corrected chi connectivity index (χ1v) is 11.7. The minimum absolute atomic E-state index is 0.0615. The van der Waals surface area contributed by atoms with Gasteiger partial charge in [0.2, 0.25) is 5.91 Å². The first kappa shape index (κ1) is 26.7. The lowest BCUT2D eigenvalue weighted by molar-refractivity contribution is -0.144. The number of amides is 1. The number of nitrogens with zero attached hydrogens (tertiary/aromatic N) is 1. The van der Waals surface area contributed by atoms with Gasteiger partial charge in [-0.05, 0) is 26.7 Å². The molecule has 1 atom stereocenters. The SMILES string of the molecule is CCCCCCCCCCCCCC/C=C/C(CC(=O)N(CC)CC)C(=O)O. The van der Waals surface area contributed by atoms with Gasteiger partial charge in [-0.25, -0.2) is 0 Å². The molecule has 0 spiro atoms. The summed E-state index contributed by atoms with van der Waals surface area (Å²) in [4.78, 5) is 25.2. The fourth-order valence-corrected chi connectivity index (χ4v) is 3.49. The third-order valence-electron chi connectivity index (χ3n) is 5.42. The minimum atomic E-state index is -0.911. The third kappa shape index (κ3) is 14.7. The molecule has 0 fully saturated rings. The van der Waals surface area contributed by atoms with E-state index in [1.165, 1.54) is 70.6 Å². The normalized spacial score (nSPS) is 12.4. The van der Waals surface area contributed by atoms with Crippen molar-refractivity contribution in [3.05, 3.63) is 12.2 Å². The van der Waals surface area contributed by atoms with E-state index >= 15 is 0 Å². The number of carboxylic acid groups (broad SMARTS) is 1. The maximum absolute atomic E-state index is 12.1. The molecule has 28 heavy (non-hydrogen) atoms. The Morgan fingerprint density at radius 2 is 1.25 bits per heavy atom. The van der Waals surface area contributed by atoms with Crippen molar-refractivity contribution in [1.82, 2.24) is 4.90 Å². The largest absolute Gasteiger partial charge is 0.481 e. The highest BCUT2D eigenvalue weighted by Gasteiger charge is 2.20. The van der Waals surface area contributed by atoms with E-state index in [2.05, 4.69) is 6.92 Å². The lowest BCUT2D eigenvalue weighted by Crippen LogP contribution is -2.33. The molecule has 0 saturated carbocycles. The summed E-state index contributed by atoms with van der Waals surface area (Å²) < 4.78 is 0. The third-order valence-corrected chi connectivity index (χ3v) is 5.42. The van der Waals surface area contributed by atoms with Gasteiger partial charge in [-0.15, -0.1) is 0 Å². The number of rotatable bonds is 19. The Morgan fingerprint density at radius 1 is 0.786 bits per heavy atom. The van der Waals surface area contributed by atoms with Gasteiger partial charge >= 0.3 is 5.97 Å². The van der Waals surface area contributed by atoms with Crippen LogP contribution in [0.25, 0.3) is 0 Å². The molecule has 4 heteroatoms. The Kier molecular flexibility index (Phi) is 18.1. The number of allylic oxidation sites excluding steroid dienone is 1. The highest BCUT2D eigenvalue weighted by Crippen LogP contribution is 2.14. The molecular formula is C24H45NO3. The van der Waals surface area contributed by atoms with Gasteiger partial charge < -0.3 is 10.0 Å². The van der Waals surface area contributed by atoms with Gasteiger partial charge in [-0.3, -0.25) is 9.59 Å². The maximum atomic E-state index is 12.1. The van der Waals surface area contributed by atoms with Crippen molar-refractivity contribution in [2.45, 2.75) is 111 Å². The van der Waals surface area contributed by atoms with Gasteiger partial charge in [-0.1, -0.05) is 89.7 Å². The zero-order chi connectivity index (χ0) is 21.0. The highest BCUT2D eigenvalue weighted by molar-refractivity contribution is 5.83. The Balaban J connectivity index is 3.74. The molecule has 164 valence electrons. The molecule has 0 aliphatic rings. The van der Waals surface area contributed by atoms with Crippen molar-refractivity contribution in [2.75, 3.05) is 13.1 Å². The van der Waals surface area contributed by atoms with Gasteiger partial charge in [-0.2, -0.15) is 0 Å². The van der Waals surface area contributed by atoms with Crippen LogP contribution in [0.4, 0.5) is 0 Å². The number of carbonyl (C=O) groups is 2.